The molecule has 2 aliphatic rings. The summed E-state index contributed by atoms with van der Waals surface area (Å²) in [5.41, 5.74) is 5.75. The standard InChI is InChI=1S/C24H22/c1-3-4-17-24(2,18-11-5-6-12-18)23-21-15-9-7-13-19(21)20-14-8-10-16-22(20)23/h1,5-16,18,23H,4,17H2,2H3. The van der Waals surface area contributed by atoms with Gasteiger partial charge in [0.2, 0.25) is 0 Å². The number of allylic oxidation sites excluding steroid dienone is 4. The average Bonchev–Trinajstić information content (AvgIpc) is 3.26. The molecule has 0 spiro atoms. The van der Waals surface area contributed by atoms with E-state index in [0.29, 0.717) is 11.8 Å². The van der Waals surface area contributed by atoms with Crippen molar-refractivity contribution in [3.8, 4) is 23.5 Å². The van der Waals surface area contributed by atoms with Crippen molar-refractivity contribution in [2.75, 3.05) is 0 Å². The van der Waals surface area contributed by atoms with Gasteiger partial charge in [-0.05, 0) is 34.1 Å². The van der Waals surface area contributed by atoms with E-state index < -0.39 is 0 Å². The van der Waals surface area contributed by atoms with Crippen LogP contribution in [0, 0.1) is 23.7 Å². The highest BCUT2D eigenvalue weighted by atomic mass is 14.5. The van der Waals surface area contributed by atoms with Crippen LogP contribution in [0.2, 0.25) is 0 Å². The summed E-state index contributed by atoms with van der Waals surface area (Å²) < 4.78 is 0. The second-order valence-electron chi connectivity index (χ2n) is 7.11. The summed E-state index contributed by atoms with van der Waals surface area (Å²) in [5.74, 6) is 3.68. The highest BCUT2D eigenvalue weighted by Crippen LogP contribution is 2.57. The van der Waals surface area contributed by atoms with Crippen molar-refractivity contribution in [2.45, 2.75) is 25.7 Å². The van der Waals surface area contributed by atoms with Crippen molar-refractivity contribution in [3.05, 3.63) is 84.0 Å². The Hall–Kier alpha value is -2.52. The molecular formula is C24H22. The molecule has 118 valence electrons. The SMILES string of the molecule is C#CCCC(C)(C1C=CC=C1)C1c2ccccc2-c2ccccc21. The first-order valence-electron chi connectivity index (χ1n) is 8.72. The lowest BCUT2D eigenvalue weighted by Gasteiger charge is -2.40. The molecule has 2 aromatic carbocycles. The zero-order valence-corrected chi connectivity index (χ0v) is 14.1. The maximum atomic E-state index is 5.64. The molecule has 4 rings (SSSR count). The van der Waals surface area contributed by atoms with Gasteiger partial charge in [0, 0.05) is 18.3 Å². The Balaban J connectivity index is 1.91. The third kappa shape index (κ3) is 2.16. The summed E-state index contributed by atoms with van der Waals surface area (Å²) in [7, 11) is 0. The number of hydrogen-bond donors (Lipinski definition) is 0. The predicted octanol–water partition coefficient (Wildman–Crippen LogP) is 5.96. The minimum atomic E-state index is 0.0819. The fourth-order valence-corrected chi connectivity index (χ4v) is 4.58. The van der Waals surface area contributed by atoms with Crippen LogP contribution in [0.3, 0.4) is 0 Å². The number of rotatable bonds is 4. The smallest absolute Gasteiger partial charge is 0.0164 e. The lowest BCUT2D eigenvalue weighted by molar-refractivity contribution is 0.216. The fourth-order valence-electron chi connectivity index (χ4n) is 4.58. The van der Waals surface area contributed by atoms with Crippen LogP contribution >= 0.6 is 0 Å². The van der Waals surface area contributed by atoms with Crippen molar-refractivity contribution in [1.82, 2.24) is 0 Å². The Morgan fingerprint density at radius 1 is 0.917 bits per heavy atom. The molecule has 0 heterocycles. The molecule has 0 radical (unpaired) electrons. The molecule has 2 aromatic rings. The lowest BCUT2D eigenvalue weighted by atomic mass is 9.62. The van der Waals surface area contributed by atoms with Gasteiger partial charge >= 0.3 is 0 Å². The summed E-state index contributed by atoms with van der Waals surface area (Å²) >= 11 is 0. The molecule has 2 aliphatic carbocycles. The van der Waals surface area contributed by atoms with Gasteiger partial charge in [0.05, 0.1) is 0 Å². The van der Waals surface area contributed by atoms with Gasteiger partial charge in [-0.2, -0.15) is 0 Å². The molecular weight excluding hydrogens is 288 g/mol. The van der Waals surface area contributed by atoms with E-state index in [9.17, 15) is 0 Å². The average molecular weight is 310 g/mol. The maximum Gasteiger partial charge on any atom is 0.0164 e. The predicted molar refractivity (Wildman–Crippen MR) is 102 cm³/mol. The number of benzene rings is 2. The Morgan fingerprint density at radius 3 is 2.00 bits per heavy atom. The molecule has 1 atom stereocenters. The van der Waals surface area contributed by atoms with Crippen molar-refractivity contribution in [2.24, 2.45) is 11.3 Å². The fraction of sp³-hybridized carbons (Fsp3) is 0.250. The Kier molecular flexibility index (Phi) is 3.66. The van der Waals surface area contributed by atoms with Crippen LogP contribution in [-0.4, -0.2) is 0 Å². The zero-order valence-electron chi connectivity index (χ0n) is 14.1. The molecule has 0 saturated carbocycles. The zero-order chi connectivity index (χ0) is 16.6. The lowest BCUT2D eigenvalue weighted by Crippen LogP contribution is -2.31. The molecule has 0 fully saturated rings. The van der Waals surface area contributed by atoms with Crippen molar-refractivity contribution < 1.29 is 0 Å². The van der Waals surface area contributed by atoms with Crippen LogP contribution in [0.5, 0.6) is 0 Å². The van der Waals surface area contributed by atoms with Crippen LogP contribution in [0.1, 0.15) is 36.8 Å². The molecule has 0 nitrogen and oxygen atoms in total. The third-order valence-corrected chi connectivity index (χ3v) is 5.81. The summed E-state index contributed by atoms with van der Waals surface area (Å²) in [4.78, 5) is 0. The topological polar surface area (TPSA) is 0 Å². The van der Waals surface area contributed by atoms with E-state index in [2.05, 4.69) is 85.7 Å². The Morgan fingerprint density at radius 2 is 1.46 bits per heavy atom. The molecule has 24 heavy (non-hydrogen) atoms. The van der Waals surface area contributed by atoms with E-state index in [-0.39, 0.29) is 5.41 Å². The first-order chi connectivity index (χ1) is 11.8. The van der Waals surface area contributed by atoms with Gasteiger partial charge in [-0.15, -0.1) is 12.3 Å². The first kappa shape index (κ1) is 15.0. The molecule has 0 heteroatoms. The molecule has 0 aliphatic heterocycles. The second kappa shape index (κ2) is 5.84. The van der Waals surface area contributed by atoms with E-state index in [1.807, 2.05) is 0 Å². The number of terminal acetylenes is 1. The third-order valence-electron chi connectivity index (χ3n) is 5.81. The summed E-state index contributed by atoms with van der Waals surface area (Å²) in [5, 5.41) is 0. The van der Waals surface area contributed by atoms with Crippen LogP contribution in [0.25, 0.3) is 11.1 Å². The van der Waals surface area contributed by atoms with Gasteiger partial charge in [-0.3, -0.25) is 0 Å². The molecule has 0 amide bonds. The van der Waals surface area contributed by atoms with Gasteiger partial charge in [0.25, 0.3) is 0 Å². The maximum absolute atomic E-state index is 5.64. The van der Waals surface area contributed by atoms with E-state index in [4.69, 9.17) is 6.42 Å². The van der Waals surface area contributed by atoms with Gasteiger partial charge in [-0.25, -0.2) is 0 Å². The highest BCUT2D eigenvalue weighted by Gasteiger charge is 2.45. The van der Waals surface area contributed by atoms with Crippen LogP contribution in [-0.2, 0) is 0 Å². The van der Waals surface area contributed by atoms with E-state index in [0.717, 1.165) is 12.8 Å². The van der Waals surface area contributed by atoms with Gasteiger partial charge in [0.1, 0.15) is 0 Å². The summed E-state index contributed by atoms with van der Waals surface area (Å²) in [6.45, 7) is 2.42. The molecule has 0 N–H and O–H groups in total. The minimum Gasteiger partial charge on any atom is -0.120 e. The molecule has 0 saturated heterocycles. The van der Waals surface area contributed by atoms with Crippen molar-refractivity contribution in [3.63, 3.8) is 0 Å². The van der Waals surface area contributed by atoms with Gasteiger partial charge in [0.15, 0.2) is 0 Å². The van der Waals surface area contributed by atoms with E-state index in [1.165, 1.54) is 22.3 Å². The number of hydrogen-bond acceptors (Lipinski definition) is 0. The Bertz CT molecular complexity index is 804. The first-order valence-corrected chi connectivity index (χ1v) is 8.72. The van der Waals surface area contributed by atoms with E-state index >= 15 is 0 Å². The normalized spacial score (nSPS) is 18.2. The van der Waals surface area contributed by atoms with Crippen LogP contribution in [0.15, 0.2) is 72.8 Å². The molecule has 1 unspecified atom stereocenters. The van der Waals surface area contributed by atoms with Crippen LogP contribution in [0.4, 0.5) is 0 Å². The quantitative estimate of drug-likeness (QED) is 0.611. The number of fused-ring (bicyclic) bond motifs is 3. The monoisotopic (exact) mass is 310 g/mol. The molecule has 0 aromatic heterocycles. The summed E-state index contributed by atoms with van der Waals surface area (Å²) in [6, 6.07) is 17.7. The Labute approximate surface area is 144 Å². The van der Waals surface area contributed by atoms with E-state index in [1.54, 1.807) is 0 Å². The van der Waals surface area contributed by atoms with Crippen molar-refractivity contribution in [1.29, 1.82) is 0 Å². The minimum absolute atomic E-state index is 0.0819. The van der Waals surface area contributed by atoms with Gasteiger partial charge < -0.3 is 0 Å². The van der Waals surface area contributed by atoms with Gasteiger partial charge in [-0.1, -0.05) is 79.8 Å². The highest BCUT2D eigenvalue weighted by molar-refractivity contribution is 5.79. The van der Waals surface area contributed by atoms with Crippen molar-refractivity contribution >= 4 is 0 Å². The largest absolute Gasteiger partial charge is 0.120 e. The second-order valence-corrected chi connectivity index (χ2v) is 7.11. The summed E-state index contributed by atoms with van der Waals surface area (Å²) in [6.07, 6.45) is 16.5. The van der Waals surface area contributed by atoms with Crippen LogP contribution < -0.4 is 0 Å². The molecule has 0 bridgehead atoms.